The second-order valence-electron chi connectivity index (χ2n) is 2.73. The van der Waals surface area contributed by atoms with Gasteiger partial charge in [-0.05, 0) is 6.07 Å². The van der Waals surface area contributed by atoms with Gasteiger partial charge in [0.2, 0.25) is 0 Å². The molecule has 1 heterocycles. The van der Waals surface area contributed by atoms with Gasteiger partial charge in [-0.3, -0.25) is 0 Å². The zero-order valence-corrected chi connectivity index (χ0v) is 7.79. The number of benzene rings is 1. The molecule has 66 valence electrons. The molecular formula is C10H9NOS. The summed E-state index contributed by atoms with van der Waals surface area (Å²) in [4.78, 5) is 4.16. The molecule has 0 bridgehead atoms. The van der Waals surface area contributed by atoms with Gasteiger partial charge in [0.25, 0.3) is 0 Å². The van der Waals surface area contributed by atoms with Gasteiger partial charge in [-0.1, -0.05) is 18.2 Å². The number of rotatable bonds is 2. The first kappa shape index (κ1) is 8.26. The van der Waals surface area contributed by atoms with Crippen molar-refractivity contribution in [2.24, 2.45) is 0 Å². The molecule has 1 N–H and O–H groups in total. The molecule has 0 spiro atoms. The highest BCUT2D eigenvalue weighted by molar-refractivity contribution is 7.09. The number of hydrogen-bond acceptors (Lipinski definition) is 3. The average molecular weight is 191 g/mol. The van der Waals surface area contributed by atoms with Crippen LogP contribution in [-0.2, 0) is 6.42 Å². The largest absolute Gasteiger partial charge is 0.508 e. The summed E-state index contributed by atoms with van der Waals surface area (Å²) in [6.07, 6.45) is 2.49. The maximum Gasteiger partial charge on any atom is 0.119 e. The molecule has 0 saturated heterocycles. The fourth-order valence-electron chi connectivity index (χ4n) is 1.16. The molecule has 13 heavy (non-hydrogen) atoms. The van der Waals surface area contributed by atoms with Crippen LogP contribution in [0.2, 0.25) is 0 Å². The van der Waals surface area contributed by atoms with E-state index in [2.05, 4.69) is 4.98 Å². The maximum absolute atomic E-state index is 9.49. The Labute approximate surface area is 80.5 Å². The molecule has 3 heteroatoms. The summed E-state index contributed by atoms with van der Waals surface area (Å²) in [5.41, 5.74) is 0.928. The Kier molecular flexibility index (Phi) is 2.27. The number of para-hydroxylation sites is 1. The molecule has 1 aromatic heterocycles. The van der Waals surface area contributed by atoms with Gasteiger partial charge in [0, 0.05) is 23.6 Å². The van der Waals surface area contributed by atoms with Crippen molar-refractivity contribution in [2.45, 2.75) is 6.42 Å². The summed E-state index contributed by atoms with van der Waals surface area (Å²) >= 11 is 1.60. The van der Waals surface area contributed by atoms with Crippen LogP contribution in [0, 0.1) is 0 Å². The van der Waals surface area contributed by atoms with Crippen LogP contribution in [0.15, 0.2) is 35.8 Å². The fourth-order valence-corrected chi connectivity index (χ4v) is 1.80. The third kappa shape index (κ3) is 1.87. The Bertz CT molecular complexity index is 384. The second kappa shape index (κ2) is 3.58. The first-order valence-electron chi connectivity index (χ1n) is 4.01. The highest BCUT2D eigenvalue weighted by atomic mass is 32.1. The normalized spacial score (nSPS) is 10.2. The minimum Gasteiger partial charge on any atom is -0.508 e. The van der Waals surface area contributed by atoms with Crippen molar-refractivity contribution in [3.05, 3.63) is 46.4 Å². The van der Waals surface area contributed by atoms with E-state index in [1.54, 1.807) is 23.6 Å². The molecular weight excluding hydrogens is 182 g/mol. The number of aromatic nitrogens is 1. The summed E-state index contributed by atoms with van der Waals surface area (Å²) < 4.78 is 0. The molecule has 2 aromatic rings. The van der Waals surface area contributed by atoms with E-state index in [0.717, 1.165) is 10.6 Å². The van der Waals surface area contributed by atoms with Crippen LogP contribution in [0.25, 0.3) is 0 Å². The summed E-state index contributed by atoms with van der Waals surface area (Å²) in [6.45, 7) is 0. The van der Waals surface area contributed by atoms with E-state index >= 15 is 0 Å². The Morgan fingerprint density at radius 1 is 1.31 bits per heavy atom. The lowest BCUT2D eigenvalue weighted by molar-refractivity contribution is 0.469. The lowest BCUT2D eigenvalue weighted by atomic mass is 10.1. The van der Waals surface area contributed by atoms with Gasteiger partial charge in [-0.25, -0.2) is 4.98 Å². The highest BCUT2D eigenvalue weighted by Crippen LogP contribution is 2.20. The van der Waals surface area contributed by atoms with Crippen LogP contribution in [0.3, 0.4) is 0 Å². The van der Waals surface area contributed by atoms with Crippen molar-refractivity contribution in [1.29, 1.82) is 0 Å². The molecule has 1 aromatic carbocycles. The van der Waals surface area contributed by atoms with E-state index in [1.165, 1.54) is 0 Å². The van der Waals surface area contributed by atoms with Crippen molar-refractivity contribution in [1.82, 2.24) is 4.98 Å². The van der Waals surface area contributed by atoms with Crippen LogP contribution >= 0.6 is 11.3 Å². The van der Waals surface area contributed by atoms with Gasteiger partial charge >= 0.3 is 0 Å². The quantitative estimate of drug-likeness (QED) is 0.790. The predicted octanol–water partition coefficient (Wildman–Crippen LogP) is 2.44. The van der Waals surface area contributed by atoms with Crippen molar-refractivity contribution in [3.8, 4) is 5.75 Å². The molecule has 0 aliphatic carbocycles. The molecule has 2 rings (SSSR count). The Balaban J connectivity index is 2.24. The average Bonchev–Trinajstić information content (AvgIpc) is 2.61. The van der Waals surface area contributed by atoms with Gasteiger partial charge in [-0.15, -0.1) is 11.3 Å². The molecule has 0 aliphatic rings. The van der Waals surface area contributed by atoms with E-state index in [-0.39, 0.29) is 0 Å². The van der Waals surface area contributed by atoms with Crippen molar-refractivity contribution in [3.63, 3.8) is 0 Å². The lowest BCUT2D eigenvalue weighted by Gasteiger charge is -2.00. The topological polar surface area (TPSA) is 33.1 Å². The Morgan fingerprint density at radius 2 is 2.15 bits per heavy atom. The van der Waals surface area contributed by atoms with Gasteiger partial charge in [0.1, 0.15) is 5.75 Å². The molecule has 0 fully saturated rings. The van der Waals surface area contributed by atoms with Gasteiger partial charge < -0.3 is 5.11 Å². The molecule has 0 aliphatic heterocycles. The standard InChI is InChI=1S/C10H9NOS/c12-9-4-2-1-3-8(9)7-10-11-5-6-13-10/h1-6,12H,7H2. The zero-order valence-electron chi connectivity index (χ0n) is 6.97. The van der Waals surface area contributed by atoms with Crippen LogP contribution in [-0.4, -0.2) is 10.1 Å². The van der Waals surface area contributed by atoms with Crippen molar-refractivity contribution < 1.29 is 5.11 Å². The minimum atomic E-state index is 0.345. The van der Waals surface area contributed by atoms with Gasteiger partial charge in [0.15, 0.2) is 0 Å². The van der Waals surface area contributed by atoms with Gasteiger partial charge in [0.05, 0.1) is 5.01 Å². The smallest absolute Gasteiger partial charge is 0.119 e. The molecule has 2 nitrogen and oxygen atoms in total. The summed E-state index contributed by atoms with van der Waals surface area (Å²) in [7, 11) is 0. The molecule has 0 radical (unpaired) electrons. The molecule has 0 amide bonds. The van der Waals surface area contributed by atoms with Crippen molar-refractivity contribution in [2.75, 3.05) is 0 Å². The molecule has 0 atom stereocenters. The minimum absolute atomic E-state index is 0.345. The summed E-state index contributed by atoms with van der Waals surface area (Å²) in [6, 6.07) is 7.35. The van der Waals surface area contributed by atoms with E-state index < -0.39 is 0 Å². The van der Waals surface area contributed by atoms with Crippen LogP contribution < -0.4 is 0 Å². The third-order valence-corrected chi connectivity index (χ3v) is 2.60. The highest BCUT2D eigenvalue weighted by Gasteiger charge is 2.02. The summed E-state index contributed by atoms with van der Waals surface area (Å²) in [5.74, 6) is 0.345. The first-order chi connectivity index (χ1) is 6.36. The lowest BCUT2D eigenvalue weighted by Crippen LogP contribution is -1.86. The van der Waals surface area contributed by atoms with E-state index in [0.29, 0.717) is 12.2 Å². The van der Waals surface area contributed by atoms with E-state index in [4.69, 9.17) is 0 Å². The predicted molar refractivity (Wildman–Crippen MR) is 53.0 cm³/mol. The van der Waals surface area contributed by atoms with Crippen LogP contribution in [0.1, 0.15) is 10.6 Å². The number of phenols is 1. The SMILES string of the molecule is Oc1ccccc1Cc1nccs1. The fraction of sp³-hybridized carbons (Fsp3) is 0.100. The van der Waals surface area contributed by atoms with Crippen LogP contribution in [0.4, 0.5) is 0 Å². The first-order valence-corrected chi connectivity index (χ1v) is 4.89. The third-order valence-electron chi connectivity index (χ3n) is 1.82. The second-order valence-corrected chi connectivity index (χ2v) is 3.71. The number of thiazole rings is 1. The monoisotopic (exact) mass is 191 g/mol. The number of aromatic hydroxyl groups is 1. The number of phenolic OH excluding ortho intramolecular Hbond substituents is 1. The Morgan fingerprint density at radius 3 is 2.85 bits per heavy atom. The maximum atomic E-state index is 9.49. The molecule has 0 unspecified atom stereocenters. The Hall–Kier alpha value is -1.35. The number of nitrogens with zero attached hydrogens (tertiary/aromatic N) is 1. The summed E-state index contributed by atoms with van der Waals surface area (Å²) in [5, 5.41) is 12.5. The van der Waals surface area contributed by atoms with Gasteiger partial charge in [-0.2, -0.15) is 0 Å². The van der Waals surface area contributed by atoms with E-state index in [1.807, 2.05) is 23.6 Å². The number of hydrogen-bond donors (Lipinski definition) is 1. The van der Waals surface area contributed by atoms with Crippen molar-refractivity contribution >= 4 is 11.3 Å². The molecule has 0 saturated carbocycles. The van der Waals surface area contributed by atoms with E-state index in [9.17, 15) is 5.11 Å². The zero-order chi connectivity index (χ0) is 9.10. The van der Waals surface area contributed by atoms with Crippen LogP contribution in [0.5, 0.6) is 5.75 Å².